The van der Waals surface area contributed by atoms with Crippen LogP contribution in [0, 0.1) is 10.1 Å². The highest BCUT2D eigenvalue weighted by Gasteiger charge is 2.18. The van der Waals surface area contributed by atoms with Crippen LogP contribution < -0.4 is 14.9 Å². The van der Waals surface area contributed by atoms with Gasteiger partial charge in [0.25, 0.3) is 11.6 Å². The maximum absolute atomic E-state index is 12.1. The number of amides is 1. The molecule has 136 valence electrons. The number of nitrogens with one attached hydrogen (secondary N) is 1. The van der Waals surface area contributed by atoms with Crippen molar-refractivity contribution >= 4 is 17.8 Å². The van der Waals surface area contributed by atoms with Crippen LogP contribution in [0.2, 0.25) is 0 Å². The fourth-order valence-electron chi connectivity index (χ4n) is 2.26. The maximum atomic E-state index is 12.1. The van der Waals surface area contributed by atoms with E-state index in [1.165, 1.54) is 32.6 Å². The average molecular weight is 357 g/mol. The van der Waals surface area contributed by atoms with Crippen LogP contribution in [-0.4, -0.2) is 31.3 Å². The van der Waals surface area contributed by atoms with Crippen LogP contribution in [0.1, 0.15) is 28.4 Å². The number of methoxy groups -OCH3 is 2. The lowest BCUT2D eigenvalue weighted by Crippen LogP contribution is -2.17. The zero-order valence-corrected chi connectivity index (χ0v) is 14.7. The van der Waals surface area contributed by atoms with E-state index in [2.05, 4.69) is 10.5 Å². The molecule has 8 heteroatoms. The van der Waals surface area contributed by atoms with Crippen LogP contribution in [0.3, 0.4) is 0 Å². The van der Waals surface area contributed by atoms with Gasteiger partial charge < -0.3 is 9.47 Å². The molecular formula is C18H19N3O5. The molecule has 0 heterocycles. The van der Waals surface area contributed by atoms with Gasteiger partial charge in [-0.3, -0.25) is 14.9 Å². The molecule has 0 saturated carbocycles. The molecule has 26 heavy (non-hydrogen) atoms. The number of benzene rings is 2. The van der Waals surface area contributed by atoms with Crippen molar-refractivity contribution in [3.63, 3.8) is 0 Å². The Bertz CT molecular complexity index is 831. The van der Waals surface area contributed by atoms with Gasteiger partial charge in [-0.25, -0.2) is 5.43 Å². The fraction of sp³-hybridized carbons (Fsp3) is 0.222. The highest BCUT2D eigenvalue weighted by atomic mass is 16.6. The van der Waals surface area contributed by atoms with Crippen LogP contribution in [0.5, 0.6) is 11.5 Å². The summed E-state index contributed by atoms with van der Waals surface area (Å²) in [7, 11) is 2.81. The van der Waals surface area contributed by atoms with Crippen molar-refractivity contribution in [1.82, 2.24) is 5.43 Å². The lowest BCUT2D eigenvalue weighted by atomic mass is 10.1. The second-order valence-corrected chi connectivity index (χ2v) is 5.27. The van der Waals surface area contributed by atoms with E-state index in [1.54, 1.807) is 12.1 Å². The Morgan fingerprint density at radius 1 is 1.19 bits per heavy atom. The SMILES string of the molecule is CCc1ccc(C(=O)N/N=C\c2cc(OC)c(OC)cc2[N+](=O)[O-])cc1. The summed E-state index contributed by atoms with van der Waals surface area (Å²) in [6, 6.07) is 9.77. The first-order chi connectivity index (χ1) is 12.5. The van der Waals surface area contributed by atoms with Crippen molar-refractivity contribution in [2.75, 3.05) is 14.2 Å². The summed E-state index contributed by atoms with van der Waals surface area (Å²) in [5.74, 6) is 0.143. The number of carbonyl (C=O) groups excluding carboxylic acids is 1. The molecule has 0 fully saturated rings. The number of carbonyl (C=O) groups is 1. The van der Waals surface area contributed by atoms with E-state index >= 15 is 0 Å². The van der Waals surface area contributed by atoms with Gasteiger partial charge in [0.2, 0.25) is 0 Å². The minimum absolute atomic E-state index is 0.175. The zero-order chi connectivity index (χ0) is 19.1. The largest absolute Gasteiger partial charge is 0.493 e. The Balaban J connectivity index is 2.20. The first-order valence-corrected chi connectivity index (χ1v) is 7.82. The van der Waals surface area contributed by atoms with Gasteiger partial charge in [0.15, 0.2) is 11.5 Å². The van der Waals surface area contributed by atoms with Gasteiger partial charge in [-0.15, -0.1) is 0 Å². The molecular weight excluding hydrogens is 338 g/mol. The molecule has 0 unspecified atom stereocenters. The normalized spacial score (nSPS) is 10.6. The standard InChI is InChI=1S/C18H19N3O5/c1-4-12-5-7-13(8-6-12)18(22)20-19-11-14-9-16(25-2)17(26-3)10-15(14)21(23)24/h5-11H,4H2,1-3H3,(H,20,22)/b19-11-. The third-order valence-electron chi connectivity index (χ3n) is 3.72. The molecule has 0 aliphatic heterocycles. The number of nitro groups is 1. The van der Waals surface area contributed by atoms with E-state index in [4.69, 9.17) is 9.47 Å². The van der Waals surface area contributed by atoms with Gasteiger partial charge >= 0.3 is 0 Å². The van der Waals surface area contributed by atoms with Gasteiger partial charge in [-0.1, -0.05) is 19.1 Å². The Labute approximate surface area is 150 Å². The molecule has 0 aliphatic carbocycles. The van der Waals surface area contributed by atoms with Gasteiger partial charge in [0.05, 0.1) is 37.0 Å². The molecule has 8 nitrogen and oxygen atoms in total. The quantitative estimate of drug-likeness (QED) is 0.466. The highest BCUT2D eigenvalue weighted by molar-refractivity contribution is 5.95. The number of ether oxygens (including phenoxy) is 2. The first-order valence-electron chi connectivity index (χ1n) is 7.82. The summed E-state index contributed by atoms with van der Waals surface area (Å²) in [6.45, 7) is 2.02. The molecule has 2 aromatic carbocycles. The average Bonchev–Trinajstić information content (AvgIpc) is 2.67. The smallest absolute Gasteiger partial charge is 0.282 e. The molecule has 2 aromatic rings. The van der Waals surface area contributed by atoms with Crippen molar-refractivity contribution in [3.8, 4) is 11.5 Å². The third-order valence-corrected chi connectivity index (χ3v) is 3.72. The molecule has 0 atom stereocenters. The molecule has 0 aromatic heterocycles. The van der Waals surface area contributed by atoms with Gasteiger partial charge in [0, 0.05) is 5.56 Å². The van der Waals surface area contributed by atoms with Crippen LogP contribution in [0.25, 0.3) is 0 Å². The molecule has 0 spiro atoms. The molecule has 2 rings (SSSR count). The Kier molecular flexibility index (Phi) is 6.26. The highest BCUT2D eigenvalue weighted by Crippen LogP contribution is 2.33. The van der Waals surface area contributed by atoms with E-state index in [-0.39, 0.29) is 17.0 Å². The summed E-state index contributed by atoms with van der Waals surface area (Å²) in [5.41, 5.74) is 3.88. The topological polar surface area (TPSA) is 103 Å². The number of rotatable bonds is 7. The predicted molar refractivity (Wildman–Crippen MR) is 97.1 cm³/mol. The number of aryl methyl sites for hydroxylation is 1. The van der Waals surface area contributed by atoms with E-state index in [0.717, 1.165) is 12.0 Å². The number of hydrogen-bond donors (Lipinski definition) is 1. The molecule has 1 N–H and O–H groups in total. The minimum atomic E-state index is -0.561. The second-order valence-electron chi connectivity index (χ2n) is 5.27. The Hall–Kier alpha value is -3.42. The van der Waals surface area contributed by atoms with Crippen LogP contribution in [0.4, 0.5) is 5.69 Å². The van der Waals surface area contributed by atoms with Crippen LogP contribution in [0.15, 0.2) is 41.5 Å². The van der Waals surface area contributed by atoms with Gasteiger partial charge in [-0.2, -0.15) is 5.10 Å². The van der Waals surface area contributed by atoms with Crippen molar-refractivity contribution in [2.24, 2.45) is 5.10 Å². The van der Waals surface area contributed by atoms with E-state index in [0.29, 0.717) is 11.3 Å². The lowest BCUT2D eigenvalue weighted by molar-refractivity contribution is -0.385. The van der Waals surface area contributed by atoms with E-state index in [9.17, 15) is 14.9 Å². The summed E-state index contributed by atoms with van der Waals surface area (Å²) >= 11 is 0. The predicted octanol–water partition coefficient (Wildman–Crippen LogP) is 2.94. The van der Waals surface area contributed by atoms with Crippen molar-refractivity contribution in [3.05, 3.63) is 63.2 Å². The van der Waals surface area contributed by atoms with Crippen molar-refractivity contribution in [2.45, 2.75) is 13.3 Å². The lowest BCUT2D eigenvalue weighted by Gasteiger charge is -2.08. The fourth-order valence-corrected chi connectivity index (χ4v) is 2.26. The summed E-state index contributed by atoms with van der Waals surface area (Å²) < 4.78 is 10.2. The molecule has 1 amide bonds. The summed E-state index contributed by atoms with van der Waals surface area (Å²) in [5, 5.41) is 15.0. The molecule has 0 bridgehead atoms. The number of hydrazone groups is 1. The van der Waals surface area contributed by atoms with Gasteiger partial charge in [0.1, 0.15) is 0 Å². The number of nitrogens with zero attached hydrogens (tertiary/aromatic N) is 2. The first kappa shape index (κ1) is 18.9. The van der Waals surface area contributed by atoms with Crippen LogP contribution in [-0.2, 0) is 6.42 Å². The molecule has 0 saturated heterocycles. The summed E-state index contributed by atoms with van der Waals surface area (Å²) in [6.07, 6.45) is 2.07. The third kappa shape index (κ3) is 4.35. The Morgan fingerprint density at radius 2 is 1.81 bits per heavy atom. The van der Waals surface area contributed by atoms with E-state index in [1.807, 2.05) is 19.1 Å². The molecule has 0 aliphatic rings. The summed E-state index contributed by atoms with van der Waals surface area (Å²) in [4.78, 5) is 22.7. The number of nitro benzene ring substituents is 1. The van der Waals surface area contributed by atoms with Crippen LogP contribution >= 0.6 is 0 Å². The zero-order valence-electron chi connectivity index (χ0n) is 14.7. The van der Waals surface area contributed by atoms with Crippen molar-refractivity contribution in [1.29, 1.82) is 0 Å². The van der Waals surface area contributed by atoms with Crippen molar-refractivity contribution < 1.29 is 19.2 Å². The monoisotopic (exact) mass is 357 g/mol. The minimum Gasteiger partial charge on any atom is -0.493 e. The number of hydrogen-bond acceptors (Lipinski definition) is 6. The maximum Gasteiger partial charge on any atom is 0.282 e. The molecule has 0 radical (unpaired) electrons. The van der Waals surface area contributed by atoms with Gasteiger partial charge in [-0.05, 0) is 30.2 Å². The second kappa shape index (κ2) is 8.61. The Morgan fingerprint density at radius 3 is 2.35 bits per heavy atom. The van der Waals surface area contributed by atoms with E-state index < -0.39 is 10.8 Å².